The Morgan fingerprint density at radius 2 is 1.69 bits per heavy atom. The topological polar surface area (TPSA) is 92.3 Å². The van der Waals surface area contributed by atoms with E-state index >= 15 is 0 Å². The van der Waals surface area contributed by atoms with Crippen molar-refractivity contribution in [1.29, 1.82) is 0 Å². The largest absolute Gasteiger partial charge is 0.497 e. The van der Waals surface area contributed by atoms with Gasteiger partial charge in [-0.1, -0.05) is 42.1 Å². The predicted octanol–water partition coefficient (Wildman–Crippen LogP) is 4.34. The maximum Gasteiger partial charge on any atom is 0.249 e. The highest BCUT2D eigenvalue weighted by atomic mass is 32.2. The first kappa shape index (κ1) is 21.5. The van der Waals surface area contributed by atoms with Crippen molar-refractivity contribution in [3.63, 3.8) is 0 Å². The highest BCUT2D eigenvalue weighted by Gasteiger charge is 2.18. The third kappa shape index (κ3) is 4.45. The van der Waals surface area contributed by atoms with Gasteiger partial charge in [0.2, 0.25) is 5.91 Å². The summed E-state index contributed by atoms with van der Waals surface area (Å²) in [6.45, 7) is 0. The second kappa shape index (κ2) is 9.57. The van der Waals surface area contributed by atoms with Crippen LogP contribution in [0.4, 0.5) is 0 Å². The Balaban J connectivity index is 1.75. The van der Waals surface area contributed by atoms with E-state index in [2.05, 4.69) is 10.2 Å². The van der Waals surface area contributed by atoms with Crippen molar-refractivity contribution in [3.8, 4) is 28.6 Å². The van der Waals surface area contributed by atoms with Crippen LogP contribution in [0.25, 0.3) is 17.1 Å². The van der Waals surface area contributed by atoms with Crippen molar-refractivity contribution in [1.82, 2.24) is 14.8 Å². The van der Waals surface area contributed by atoms with Crippen molar-refractivity contribution < 1.29 is 14.3 Å². The van der Waals surface area contributed by atoms with E-state index in [9.17, 15) is 4.79 Å². The number of nitrogens with two attached hydrogens (primary N) is 1. The van der Waals surface area contributed by atoms with E-state index in [1.54, 1.807) is 26.4 Å². The minimum absolute atomic E-state index is 0.449. The van der Waals surface area contributed by atoms with E-state index in [0.29, 0.717) is 22.3 Å². The molecule has 1 heterocycles. The van der Waals surface area contributed by atoms with Crippen LogP contribution < -0.4 is 15.2 Å². The monoisotopic (exact) mass is 446 g/mol. The van der Waals surface area contributed by atoms with Crippen LogP contribution in [0.1, 0.15) is 15.9 Å². The summed E-state index contributed by atoms with van der Waals surface area (Å²) in [5, 5.41) is 9.60. The number of carbonyl (C=O) groups excluding carboxylic acids is 1. The molecule has 0 unspecified atom stereocenters. The summed E-state index contributed by atoms with van der Waals surface area (Å²) in [6.07, 6.45) is 0. The number of hydrogen-bond donors (Lipinski definition) is 1. The van der Waals surface area contributed by atoms with Crippen LogP contribution in [0.3, 0.4) is 0 Å². The van der Waals surface area contributed by atoms with Crippen molar-refractivity contribution in [2.45, 2.75) is 10.9 Å². The number of primary amides is 1. The zero-order valence-corrected chi connectivity index (χ0v) is 18.5. The summed E-state index contributed by atoms with van der Waals surface area (Å²) in [5.74, 6) is 2.24. The molecular weight excluding hydrogens is 424 g/mol. The molecular formula is C24H22N4O3S. The van der Waals surface area contributed by atoms with Crippen LogP contribution in [0.5, 0.6) is 11.5 Å². The Morgan fingerprint density at radius 3 is 2.41 bits per heavy atom. The minimum Gasteiger partial charge on any atom is -0.497 e. The molecule has 0 fully saturated rings. The maximum atomic E-state index is 11.8. The Kier molecular flexibility index (Phi) is 6.42. The van der Waals surface area contributed by atoms with Gasteiger partial charge in [0, 0.05) is 22.6 Å². The Bertz CT molecular complexity index is 1240. The molecule has 4 rings (SSSR count). The number of methoxy groups -OCH3 is 2. The average molecular weight is 447 g/mol. The molecule has 8 heteroatoms. The lowest BCUT2D eigenvalue weighted by molar-refractivity contribution is 0.0999. The van der Waals surface area contributed by atoms with Gasteiger partial charge >= 0.3 is 0 Å². The molecule has 162 valence electrons. The first-order valence-corrected chi connectivity index (χ1v) is 10.8. The van der Waals surface area contributed by atoms with Crippen LogP contribution in [-0.4, -0.2) is 34.9 Å². The number of carbonyl (C=O) groups is 1. The molecule has 0 saturated heterocycles. The summed E-state index contributed by atoms with van der Waals surface area (Å²) in [6, 6.07) is 22.7. The molecule has 4 aromatic rings. The van der Waals surface area contributed by atoms with Crippen molar-refractivity contribution in [2.24, 2.45) is 5.73 Å². The smallest absolute Gasteiger partial charge is 0.249 e. The second-order valence-electron chi connectivity index (χ2n) is 6.88. The van der Waals surface area contributed by atoms with Gasteiger partial charge in [0.25, 0.3) is 0 Å². The third-order valence-electron chi connectivity index (χ3n) is 4.93. The zero-order chi connectivity index (χ0) is 22.5. The van der Waals surface area contributed by atoms with E-state index in [0.717, 1.165) is 28.3 Å². The first-order valence-electron chi connectivity index (χ1n) is 9.85. The molecule has 1 amide bonds. The number of benzene rings is 3. The van der Waals surface area contributed by atoms with Gasteiger partial charge in [-0.3, -0.25) is 9.36 Å². The normalized spacial score (nSPS) is 10.7. The van der Waals surface area contributed by atoms with Crippen molar-refractivity contribution >= 4 is 17.7 Å². The standard InChI is InChI=1S/C24H22N4O3S/c1-30-19-12-10-18(11-13-19)28-23(16-7-5-8-20(14-16)31-2)26-27-24(28)32-15-17-6-3-4-9-21(17)22(25)29/h3-14H,15H2,1-2H3,(H2,25,29). The molecule has 2 N–H and O–H groups in total. The number of ether oxygens (including phenoxy) is 2. The fourth-order valence-electron chi connectivity index (χ4n) is 3.31. The van der Waals surface area contributed by atoms with Crippen molar-refractivity contribution in [3.05, 3.63) is 83.9 Å². The average Bonchev–Trinajstić information content (AvgIpc) is 3.27. The van der Waals surface area contributed by atoms with Gasteiger partial charge in [-0.05, 0) is 48.0 Å². The molecule has 0 spiro atoms. The van der Waals surface area contributed by atoms with Crippen LogP contribution >= 0.6 is 11.8 Å². The molecule has 32 heavy (non-hydrogen) atoms. The van der Waals surface area contributed by atoms with E-state index in [1.165, 1.54) is 11.8 Å². The highest BCUT2D eigenvalue weighted by molar-refractivity contribution is 7.98. The van der Waals surface area contributed by atoms with Crippen LogP contribution in [0.2, 0.25) is 0 Å². The lowest BCUT2D eigenvalue weighted by Crippen LogP contribution is -2.13. The summed E-state index contributed by atoms with van der Waals surface area (Å²) in [7, 11) is 3.26. The summed E-state index contributed by atoms with van der Waals surface area (Å²) in [4.78, 5) is 11.8. The van der Waals surface area contributed by atoms with Gasteiger partial charge in [-0.2, -0.15) is 0 Å². The molecule has 0 aliphatic heterocycles. The molecule has 0 saturated carbocycles. The van der Waals surface area contributed by atoms with E-state index in [1.807, 2.05) is 65.2 Å². The van der Waals surface area contributed by atoms with Gasteiger partial charge in [-0.25, -0.2) is 0 Å². The van der Waals surface area contributed by atoms with Crippen molar-refractivity contribution in [2.75, 3.05) is 14.2 Å². The number of amides is 1. The highest BCUT2D eigenvalue weighted by Crippen LogP contribution is 2.32. The number of nitrogens with zero attached hydrogens (tertiary/aromatic N) is 3. The van der Waals surface area contributed by atoms with Gasteiger partial charge in [0.05, 0.1) is 14.2 Å². The Labute approximate surface area is 190 Å². The van der Waals surface area contributed by atoms with E-state index in [4.69, 9.17) is 15.2 Å². The number of rotatable bonds is 8. The molecule has 0 atom stereocenters. The van der Waals surface area contributed by atoms with Crippen LogP contribution in [-0.2, 0) is 5.75 Å². The molecule has 0 bridgehead atoms. The lowest BCUT2D eigenvalue weighted by Gasteiger charge is -2.12. The van der Waals surface area contributed by atoms with Gasteiger partial charge in [-0.15, -0.1) is 10.2 Å². The SMILES string of the molecule is COc1ccc(-n2c(SCc3ccccc3C(N)=O)nnc2-c2cccc(OC)c2)cc1. The number of aromatic nitrogens is 3. The van der Waals surface area contributed by atoms with E-state index in [-0.39, 0.29) is 0 Å². The molecule has 0 aliphatic carbocycles. The predicted molar refractivity (Wildman–Crippen MR) is 124 cm³/mol. The molecule has 0 radical (unpaired) electrons. The Morgan fingerprint density at radius 1 is 0.938 bits per heavy atom. The summed E-state index contributed by atoms with van der Waals surface area (Å²) in [5.41, 5.74) is 8.64. The maximum absolute atomic E-state index is 11.8. The molecule has 7 nitrogen and oxygen atoms in total. The second-order valence-corrected chi connectivity index (χ2v) is 7.82. The molecule has 0 aliphatic rings. The third-order valence-corrected chi connectivity index (χ3v) is 5.91. The summed E-state index contributed by atoms with van der Waals surface area (Å²) >= 11 is 1.48. The fraction of sp³-hybridized carbons (Fsp3) is 0.125. The van der Waals surface area contributed by atoms with Gasteiger partial charge < -0.3 is 15.2 Å². The van der Waals surface area contributed by atoms with Gasteiger partial charge in [0.1, 0.15) is 11.5 Å². The van der Waals surface area contributed by atoms with Gasteiger partial charge in [0.15, 0.2) is 11.0 Å². The quantitative estimate of drug-likeness (QED) is 0.405. The fourth-order valence-corrected chi connectivity index (χ4v) is 4.26. The number of thioether (sulfide) groups is 1. The van der Waals surface area contributed by atoms with Crippen LogP contribution in [0, 0.1) is 0 Å². The number of hydrogen-bond acceptors (Lipinski definition) is 6. The molecule has 3 aromatic carbocycles. The Hall–Kier alpha value is -3.78. The lowest BCUT2D eigenvalue weighted by atomic mass is 10.1. The first-order chi connectivity index (χ1) is 15.6. The summed E-state index contributed by atoms with van der Waals surface area (Å²) < 4.78 is 12.7. The molecule has 1 aromatic heterocycles. The zero-order valence-electron chi connectivity index (χ0n) is 17.7. The minimum atomic E-state index is -0.449. The van der Waals surface area contributed by atoms with Crippen LogP contribution in [0.15, 0.2) is 78.0 Å². The van der Waals surface area contributed by atoms with E-state index < -0.39 is 5.91 Å².